The Morgan fingerprint density at radius 1 is 1.19 bits per heavy atom. The minimum Gasteiger partial charge on any atom is -0.479 e. The van der Waals surface area contributed by atoms with Crippen LogP contribution in [0.3, 0.4) is 0 Å². The first-order chi connectivity index (χ1) is 14.3. The van der Waals surface area contributed by atoms with Crippen molar-refractivity contribution in [2.24, 2.45) is 0 Å². The van der Waals surface area contributed by atoms with Gasteiger partial charge < -0.3 is 9.84 Å². The van der Waals surface area contributed by atoms with Gasteiger partial charge in [0, 0.05) is 10.5 Å². The van der Waals surface area contributed by atoms with Gasteiger partial charge in [-0.2, -0.15) is 13.2 Å². The van der Waals surface area contributed by atoms with E-state index in [4.69, 9.17) is 9.84 Å². The average molecular weight is 587 g/mol. The third kappa shape index (κ3) is 5.41. The molecule has 0 saturated heterocycles. The highest BCUT2D eigenvalue weighted by molar-refractivity contribution is 9.10. The molecule has 168 valence electrons. The molecule has 0 saturated carbocycles. The number of fused-ring (bicyclic) bond motifs is 1. The Kier molecular flexibility index (Phi) is 6.76. The highest BCUT2D eigenvalue weighted by Crippen LogP contribution is 2.37. The molecule has 0 bridgehead atoms. The van der Waals surface area contributed by atoms with Crippen LogP contribution in [0.5, 0.6) is 5.75 Å². The van der Waals surface area contributed by atoms with E-state index in [0.717, 1.165) is 23.3 Å². The van der Waals surface area contributed by atoms with Crippen LogP contribution < -0.4 is 9.46 Å². The summed E-state index contributed by atoms with van der Waals surface area (Å²) in [5, 5.41) is 9.00. The summed E-state index contributed by atoms with van der Waals surface area (Å²) in [4.78, 5) is 10.2. The number of ether oxygens (including phenoxy) is 1. The molecule has 0 aromatic heterocycles. The van der Waals surface area contributed by atoms with E-state index in [1.54, 1.807) is 12.1 Å². The zero-order valence-corrected chi connectivity index (χ0v) is 19.8. The molecule has 2 aromatic rings. The average Bonchev–Trinajstić information content (AvgIpc) is 3.00. The number of sulfonamides is 1. The molecule has 0 radical (unpaired) electrons. The van der Waals surface area contributed by atoms with E-state index >= 15 is 0 Å². The minimum absolute atomic E-state index is 0.111. The van der Waals surface area contributed by atoms with Crippen LogP contribution in [-0.4, -0.2) is 31.6 Å². The second kappa shape index (κ2) is 8.72. The van der Waals surface area contributed by atoms with E-state index in [9.17, 15) is 26.4 Å². The van der Waals surface area contributed by atoms with Gasteiger partial charge in [0.15, 0.2) is 6.10 Å². The van der Waals surface area contributed by atoms with Crippen molar-refractivity contribution in [1.82, 2.24) is 4.72 Å². The molecular weight excluding hydrogens is 571 g/mol. The summed E-state index contributed by atoms with van der Waals surface area (Å²) in [6.07, 6.45) is -5.45. The van der Waals surface area contributed by atoms with Crippen LogP contribution in [0.2, 0.25) is 0 Å². The lowest BCUT2D eigenvalue weighted by Crippen LogP contribution is -2.36. The highest BCUT2D eigenvalue weighted by atomic mass is 79.9. The zero-order valence-electron chi connectivity index (χ0n) is 15.8. The number of hydrogen-bond donors (Lipinski definition) is 2. The van der Waals surface area contributed by atoms with Crippen LogP contribution in [0.15, 0.2) is 44.2 Å². The number of benzene rings is 2. The molecule has 2 atom stereocenters. The number of rotatable bonds is 6. The molecule has 31 heavy (non-hydrogen) atoms. The molecule has 12 heteroatoms. The zero-order chi connectivity index (χ0) is 23.1. The highest BCUT2D eigenvalue weighted by Gasteiger charge is 2.38. The number of alkyl halides is 3. The van der Waals surface area contributed by atoms with E-state index < -0.39 is 44.8 Å². The fraction of sp³-hybridized carbons (Fsp3) is 0.316. The van der Waals surface area contributed by atoms with Gasteiger partial charge in [0.05, 0.1) is 14.9 Å². The molecule has 0 heterocycles. The maximum Gasteiger partial charge on any atom is 0.417 e. The molecule has 0 fully saturated rings. The van der Waals surface area contributed by atoms with Gasteiger partial charge in [0.1, 0.15) is 5.75 Å². The van der Waals surface area contributed by atoms with Crippen molar-refractivity contribution in [3.8, 4) is 5.75 Å². The summed E-state index contributed by atoms with van der Waals surface area (Å²) in [6.45, 7) is 1.37. The van der Waals surface area contributed by atoms with Crippen molar-refractivity contribution >= 4 is 47.9 Å². The number of carboxylic acid groups (broad SMARTS) is 1. The van der Waals surface area contributed by atoms with Gasteiger partial charge in [0.25, 0.3) is 0 Å². The molecular formula is C19H16Br2F3NO5S. The standard InChI is InChI=1S/C19H16Br2F3NO5S/c1-9(18(26)27)30-16-7-11-5-13(4-10(11)6-15(16)21)25-31(28,29)17-3-2-12(20)8-14(17)19(22,23)24/h2-3,6-9,13,25H,4-5H2,1H3,(H,26,27). The SMILES string of the molecule is CC(Oc1cc2c(cc1Br)CC(NS(=O)(=O)c1ccc(Br)cc1C(F)(F)F)C2)C(=O)O. The Labute approximate surface area is 193 Å². The van der Waals surface area contributed by atoms with Crippen molar-refractivity contribution in [2.75, 3.05) is 0 Å². The number of carboxylic acids is 1. The van der Waals surface area contributed by atoms with Gasteiger partial charge in [-0.3, -0.25) is 0 Å². The summed E-state index contributed by atoms with van der Waals surface area (Å²) in [7, 11) is -4.45. The number of hydrogen-bond acceptors (Lipinski definition) is 4. The molecule has 6 nitrogen and oxygen atoms in total. The predicted octanol–water partition coefficient (Wildman–Crippen LogP) is 4.53. The van der Waals surface area contributed by atoms with Crippen LogP contribution in [0.25, 0.3) is 0 Å². The lowest BCUT2D eigenvalue weighted by molar-refractivity contribution is -0.144. The van der Waals surface area contributed by atoms with Crippen LogP contribution in [0, 0.1) is 0 Å². The molecule has 2 N–H and O–H groups in total. The molecule has 1 aliphatic carbocycles. The first-order valence-electron chi connectivity index (χ1n) is 8.88. The number of carbonyl (C=O) groups is 1. The van der Waals surface area contributed by atoms with Gasteiger partial charge >= 0.3 is 12.1 Å². The Balaban J connectivity index is 1.84. The number of nitrogens with one attached hydrogen (secondary N) is 1. The topological polar surface area (TPSA) is 92.7 Å². The monoisotopic (exact) mass is 585 g/mol. The summed E-state index contributed by atoms with van der Waals surface area (Å²) >= 11 is 6.23. The Morgan fingerprint density at radius 3 is 2.39 bits per heavy atom. The van der Waals surface area contributed by atoms with Crippen molar-refractivity contribution in [2.45, 2.75) is 43.0 Å². The molecule has 3 rings (SSSR count). The van der Waals surface area contributed by atoms with E-state index in [-0.39, 0.29) is 23.1 Å². The minimum atomic E-state index is -4.84. The van der Waals surface area contributed by atoms with Crippen molar-refractivity contribution in [3.05, 3.63) is 56.0 Å². The quantitative estimate of drug-likeness (QED) is 0.519. The van der Waals surface area contributed by atoms with E-state index in [2.05, 4.69) is 36.6 Å². The summed E-state index contributed by atoms with van der Waals surface area (Å²) < 4.78 is 73.9. The van der Waals surface area contributed by atoms with Gasteiger partial charge in [0.2, 0.25) is 10.0 Å². The third-order valence-corrected chi connectivity index (χ3v) is 7.39. The van der Waals surface area contributed by atoms with Crippen molar-refractivity contribution < 1.29 is 36.2 Å². The summed E-state index contributed by atoms with van der Waals surface area (Å²) in [6, 6.07) is 5.50. The van der Waals surface area contributed by atoms with Crippen LogP contribution in [0.1, 0.15) is 23.6 Å². The molecule has 1 aliphatic rings. The fourth-order valence-corrected chi connectivity index (χ4v) is 5.56. The van der Waals surface area contributed by atoms with E-state index in [1.165, 1.54) is 13.0 Å². The molecule has 0 amide bonds. The molecule has 2 unspecified atom stereocenters. The van der Waals surface area contributed by atoms with Crippen LogP contribution in [0.4, 0.5) is 13.2 Å². The van der Waals surface area contributed by atoms with E-state index in [0.29, 0.717) is 4.47 Å². The summed E-state index contributed by atoms with van der Waals surface area (Å²) in [5.41, 5.74) is 0.239. The van der Waals surface area contributed by atoms with Crippen LogP contribution >= 0.6 is 31.9 Å². The number of halogens is 5. The smallest absolute Gasteiger partial charge is 0.417 e. The summed E-state index contributed by atoms with van der Waals surface area (Å²) in [5.74, 6) is -0.863. The second-order valence-electron chi connectivity index (χ2n) is 7.01. The third-order valence-electron chi connectivity index (χ3n) is 4.70. The number of aliphatic carboxylic acids is 1. The van der Waals surface area contributed by atoms with Gasteiger partial charge in [-0.25, -0.2) is 17.9 Å². The largest absolute Gasteiger partial charge is 0.479 e. The predicted molar refractivity (Wildman–Crippen MR) is 113 cm³/mol. The lowest BCUT2D eigenvalue weighted by Gasteiger charge is -2.17. The lowest BCUT2D eigenvalue weighted by atomic mass is 10.1. The van der Waals surface area contributed by atoms with Crippen molar-refractivity contribution in [3.63, 3.8) is 0 Å². The van der Waals surface area contributed by atoms with E-state index in [1.807, 2.05) is 0 Å². The van der Waals surface area contributed by atoms with Crippen molar-refractivity contribution in [1.29, 1.82) is 0 Å². The Morgan fingerprint density at radius 2 is 1.81 bits per heavy atom. The second-order valence-corrected chi connectivity index (χ2v) is 10.5. The Bertz CT molecular complexity index is 1140. The first kappa shape index (κ1) is 24.0. The molecule has 2 aromatic carbocycles. The van der Waals surface area contributed by atoms with Gasteiger partial charge in [-0.05, 0) is 77.2 Å². The molecule has 0 spiro atoms. The van der Waals surface area contributed by atoms with Gasteiger partial charge in [-0.1, -0.05) is 15.9 Å². The maximum atomic E-state index is 13.4. The van der Waals surface area contributed by atoms with Crippen LogP contribution in [-0.2, 0) is 33.8 Å². The normalized spacial score (nSPS) is 17.3. The van der Waals surface area contributed by atoms with Gasteiger partial charge in [-0.15, -0.1) is 0 Å². The Hall–Kier alpha value is -1.63. The maximum absolute atomic E-state index is 13.4. The molecule has 0 aliphatic heterocycles. The fourth-order valence-electron chi connectivity index (χ4n) is 3.28. The first-order valence-corrected chi connectivity index (χ1v) is 11.9.